The van der Waals surface area contributed by atoms with Crippen LogP contribution >= 0.6 is 11.5 Å². The van der Waals surface area contributed by atoms with Crippen LogP contribution in [0.1, 0.15) is 31.5 Å². The third-order valence-electron chi connectivity index (χ3n) is 4.05. The predicted octanol–water partition coefficient (Wildman–Crippen LogP) is 1.69. The number of hydrogen-bond acceptors (Lipinski definition) is 5. The molecule has 2 fully saturated rings. The summed E-state index contributed by atoms with van der Waals surface area (Å²) in [5.41, 5.74) is 0. The molecule has 0 atom stereocenters. The normalized spacial score (nSPS) is 21.1. The van der Waals surface area contributed by atoms with Crippen molar-refractivity contribution in [3.05, 3.63) is 5.82 Å². The zero-order valence-corrected chi connectivity index (χ0v) is 12.2. The van der Waals surface area contributed by atoms with Crippen molar-refractivity contribution in [1.29, 1.82) is 0 Å². The highest BCUT2D eigenvalue weighted by Gasteiger charge is 2.30. The number of hydrogen-bond donors (Lipinski definition) is 0. The number of aromatic nitrogens is 2. The van der Waals surface area contributed by atoms with E-state index in [1.807, 2.05) is 6.92 Å². The first-order chi connectivity index (χ1) is 9.24. The first-order valence-electron chi connectivity index (χ1n) is 7.08. The van der Waals surface area contributed by atoms with Gasteiger partial charge in [-0.3, -0.25) is 4.79 Å². The lowest BCUT2D eigenvalue weighted by molar-refractivity contribution is -0.137. The van der Waals surface area contributed by atoms with Crippen LogP contribution in [-0.2, 0) is 4.79 Å². The Labute approximate surface area is 117 Å². The van der Waals surface area contributed by atoms with Crippen molar-refractivity contribution >= 4 is 22.6 Å². The van der Waals surface area contributed by atoms with Crippen molar-refractivity contribution in [2.45, 2.75) is 32.6 Å². The average molecular weight is 280 g/mol. The summed E-state index contributed by atoms with van der Waals surface area (Å²) in [6.45, 7) is 5.50. The Morgan fingerprint density at radius 1 is 1.21 bits per heavy atom. The quantitative estimate of drug-likeness (QED) is 0.827. The standard InChI is InChI=1S/C13H20N4OS/c1-10-14-13(19-15-10)17-7-3-6-16(8-9-17)12(18)11-4-2-5-11/h11H,2-9H2,1H3. The van der Waals surface area contributed by atoms with Crippen LogP contribution in [0.5, 0.6) is 0 Å². The molecule has 1 aliphatic heterocycles. The zero-order chi connectivity index (χ0) is 13.2. The Kier molecular flexibility index (Phi) is 3.68. The summed E-state index contributed by atoms with van der Waals surface area (Å²) >= 11 is 1.46. The molecule has 0 spiro atoms. The number of aryl methyl sites for hydroxylation is 1. The van der Waals surface area contributed by atoms with E-state index in [1.165, 1.54) is 18.0 Å². The monoisotopic (exact) mass is 280 g/mol. The van der Waals surface area contributed by atoms with Crippen molar-refractivity contribution in [3.63, 3.8) is 0 Å². The van der Waals surface area contributed by atoms with Gasteiger partial charge in [-0.1, -0.05) is 6.42 Å². The van der Waals surface area contributed by atoms with E-state index in [9.17, 15) is 4.79 Å². The van der Waals surface area contributed by atoms with Crippen molar-refractivity contribution in [2.24, 2.45) is 5.92 Å². The van der Waals surface area contributed by atoms with Gasteiger partial charge in [0.15, 0.2) is 0 Å². The van der Waals surface area contributed by atoms with Crippen molar-refractivity contribution in [2.75, 3.05) is 31.1 Å². The van der Waals surface area contributed by atoms with Gasteiger partial charge in [0.25, 0.3) is 0 Å². The van der Waals surface area contributed by atoms with Crippen LogP contribution in [0.3, 0.4) is 0 Å². The number of amides is 1. The maximum Gasteiger partial charge on any atom is 0.225 e. The van der Waals surface area contributed by atoms with E-state index < -0.39 is 0 Å². The number of nitrogens with zero attached hydrogens (tertiary/aromatic N) is 4. The Morgan fingerprint density at radius 2 is 2.05 bits per heavy atom. The largest absolute Gasteiger partial charge is 0.345 e. The van der Waals surface area contributed by atoms with Crippen molar-refractivity contribution in [3.8, 4) is 0 Å². The molecule has 1 aromatic heterocycles. The molecule has 1 amide bonds. The lowest BCUT2D eigenvalue weighted by Gasteiger charge is -2.30. The van der Waals surface area contributed by atoms with E-state index in [2.05, 4.69) is 19.2 Å². The molecule has 1 aliphatic carbocycles. The van der Waals surface area contributed by atoms with E-state index in [1.54, 1.807) is 0 Å². The van der Waals surface area contributed by atoms with Crippen LogP contribution in [0.25, 0.3) is 0 Å². The highest BCUT2D eigenvalue weighted by molar-refractivity contribution is 7.09. The summed E-state index contributed by atoms with van der Waals surface area (Å²) < 4.78 is 4.24. The predicted molar refractivity (Wildman–Crippen MR) is 75.4 cm³/mol. The molecule has 0 unspecified atom stereocenters. The van der Waals surface area contributed by atoms with Gasteiger partial charge in [-0.25, -0.2) is 4.98 Å². The van der Waals surface area contributed by atoms with Gasteiger partial charge in [0.1, 0.15) is 5.82 Å². The summed E-state index contributed by atoms with van der Waals surface area (Å²) in [7, 11) is 0. The van der Waals surface area contributed by atoms with Crippen LogP contribution < -0.4 is 4.90 Å². The molecule has 0 radical (unpaired) electrons. The van der Waals surface area contributed by atoms with Crippen LogP contribution in [0.2, 0.25) is 0 Å². The molecule has 104 valence electrons. The first-order valence-corrected chi connectivity index (χ1v) is 7.85. The molecular formula is C13H20N4OS. The van der Waals surface area contributed by atoms with E-state index >= 15 is 0 Å². The summed E-state index contributed by atoms with van der Waals surface area (Å²) in [5.74, 6) is 1.53. The fraction of sp³-hybridized carbons (Fsp3) is 0.769. The molecule has 0 N–H and O–H groups in total. The second-order valence-electron chi connectivity index (χ2n) is 5.42. The second kappa shape index (κ2) is 5.45. The molecule has 6 heteroatoms. The Bertz CT molecular complexity index is 457. The number of carbonyl (C=O) groups excluding carboxylic acids is 1. The summed E-state index contributed by atoms with van der Waals surface area (Å²) in [6, 6.07) is 0. The average Bonchev–Trinajstić information content (AvgIpc) is 2.62. The van der Waals surface area contributed by atoms with E-state index in [0.29, 0.717) is 11.8 Å². The molecule has 19 heavy (non-hydrogen) atoms. The number of anilines is 1. The first kappa shape index (κ1) is 12.8. The zero-order valence-electron chi connectivity index (χ0n) is 11.3. The molecule has 2 aliphatic rings. The third kappa shape index (κ3) is 2.73. The van der Waals surface area contributed by atoms with E-state index in [-0.39, 0.29) is 0 Å². The Morgan fingerprint density at radius 3 is 2.68 bits per heavy atom. The minimum absolute atomic E-state index is 0.315. The van der Waals surface area contributed by atoms with E-state index in [0.717, 1.165) is 56.4 Å². The number of rotatable bonds is 2. The van der Waals surface area contributed by atoms with Gasteiger partial charge in [-0.15, -0.1) is 0 Å². The maximum atomic E-state index is 12.3. The Hall–Kier alpha value is -1.17. The van der Waals surface area contributed by atoms with Gasteiger partial charge in [0.2, 0.25) is 11.0 Å². The van der Waals surface area contributed by atoms with Crippen LogP contribution in [0.4, 0.5) is 5.13 Å². The minimum Gasteiger partial charge on any atom is -0.345 e. The lowest BCUT2D eigenvalue weighted by Crippen LogP contribution is -2.41. The van der Waals surface area contributed by atoms with Gasteiger partial charge in [0, 0.05) is 43.6 Å². The molecule has 0 aromatic carbocycles. The van der Waals surface area contributed by atoms with E-state index in [4.69, 9.17) is 0 Å². The number of carbonyl (C=O) groups is 1. The Balaban J connectivity index is 1.60. The van der Waals surface area contributed by atoms with Crippen molar-refractivity contribution in [1.82, 2.24) is 14.3 Å². The molecule has 1 saturated carbocycles. The molecule has 2 heterocycles. The topological polar surface area (TPSA) is 49.3 Å². The lowest BCUT2D eigenvalue weighted by atomic mass is 9.84. The minimum atomic E-state index is 0.315. The second-order valence-corrected chi connectivity index (χ2v) is 6.15. The SMILES string of the molecule is Cc1nsc(N2CCCN(C(=O)C3CCC3)CC2)n1. The van der Waals surface area contributed by atoms with Gasteiger partial charge in [0.05, 0.1) is 0 Å². The molecular weight excluding hydrogens is 260 g/mol. The van der Waals surface area contributed by atoms with Crippen LogP contribution in [-0.4, -0.2) is 46.3 Å². The van der Waals surface area contributed by atoms with Crippen molar-refractivity contribution < 1.29 is 4.79 Å². The summed E-state index contributed by atoms with van der Waals surface area (Å²) in [4.78, 5) is 21.0. The van der Waals surface area contributed by atoms with Gasteiger partial charge >= 0.3 is 0 Å². The highest BCUT2D eigenvalue weighted by Crippen LogP contribution is 2.29. The molecule has 3 rings (SSSR count). The fourth-order valence-corrected chi connectivity index (χ4v) is 3.38. The highest BCUT2D eigenvalue weighted by atomic mass is 32.1. The molecule has 0 bridgehead atoms. The summed E-state index contributed by atoms with van der Waals surface area (Å²) in [6.07, 6.45) is 4.43. The maximum absolute atomic E-state index is 12.3. The third-order valence-corrected chi connectivity index (χ3v) is 4.92. The van der Waals surface area contributed by atoms with Gasteiger partial charge in [-0.2, -0.15) is 4.37 Å². The van der Waals surface area contributed by atoms with Crippen LogP contribution in [0.15, 0.2) is 0 Å². The van der Waals surface area contributed by atoms with Gasteiger partial charge in [-0.05, 0) is 26.2 Å². The molecule has 1 saturated heterocycles. The molecule has 1 aromatic rings. The fourth-order valence-electron chi connectivity index (χ4n) is 2.66. The summed E-state index contributed by atoms with van der Waals surface area (Å²) in [5, 5.41) is 0.996. The van der Waals surface area contributed by atoms with Gasteiger partial charge < -0.3 is 9.80 Å². The van der Waals surface area contributed by atoms with Crippen LogP contribution in [0, 0.1) is 12.8 Å². The molecule has 5 nitrogen and oxygen atoms in total. The smallest absolute Gasteiger partial charge is 0.225 e.